The Morgan fingerprint density at radius 1 is 1.03 bits per heavy atom. The Morgan fingerprint density at radius 2 is 1.53 bits per heavy atom. The average molecular weight is 462 g/mol. The number of likely N-dealkylation sites (tertiary alicyclic amines) is 1. The largest absolute Gasteiger partial charge is 0.415 e. The van der Waals surface area contributed by atoms with Crippen LogP contribution in [0.2, 0.25) is 0 Å². The lowest BCUT2D eigenvalue weighted by atomic mass is 9.83. The molecule has 0 spiro atoms. The lowest BCUT2D eigenvalue weighted by Gasteiger charge is -2.38. The fourth-order valence-corrected chi connectivity index (χ4v) is 3.22. The van der Waals surface area contributed by atoms with Crippen molar-refractivity contribution in [3.8, 4) is 11.4 Å². The molecule has 0 aliphatic carbocycles. The quantitative estimate of drug-likeness (QED) is 0.349. The smallest absolute Gasteiger partial charge is 0.327 e. The van der Waals surface area contributed by atoms with Gasteiger partial charge in [0.05, 0.1) is 29.9 Å². The average Bonchev–Trinajstić information content (AvgIpc) is 2.97. The number of alkyl halides is 8. The number of nitrogens with zero attached hydrogens (tertiary/aromatic N) is 4. The van der Waals surface area contributed by atoms with Crippen LogP contribution in [0.25, 0.3) is 17.6 Å². The summed E-state index contributed by atoms with van der Waals surface area (Å²) in [6.45, 7) is -1.50. The zero-order chi connectivity index (χ0) is 24.2. The van der Waals surface area contributed by atoms with Gasteiger partial charge in [0.15, 0.2) is 13.7 Å². The number of aromatic nitrogens is 3. The molecule has 2 aromatic rings. The molecular formula is C16H13B3F8N4O. The van der Waals surface area contributed by atoms with Gasteiger partial charge >= 0.3 is 12.4 Å². The number of benzene rings is 1. The van der Waals surface area contributed by atoms with E-state index in [9.17, 15) is 39.9 Å². The number of carbonyl (C=O) groups excluding carboxylic acids is 1. The van der Waals surface area contributed by atoms with Crippen LogP contribution in [0, 0.1) is 0 Å². The van der Waals surface area contributed by atoms with E-state index in [0.29, 0.717) is 12.1 Å². The molecule has 168 valence electrons. The normalized spacial score (nSPS) is 16.8. The number of halogens is 8. The molecule has 0 saturated carbocycles. The van der Waals surface area contributed by atoms with Gasteiger partial charge in [0.2, 0.25) is 5.91 Å². The molecule has 1 amide bonds. The van der Waals surface area contributed by atoms with Crippen molar-refractivity contribution < 1.29 is 39.9 Å². The fourth-order valence-electron chi connectivity index (χ4n) is 3.22. The highest BCUT2D eigenvalue weighted by Gasteiger charge is 2.46. The maximum absolute atomic E-state index is 13.3. The summed E-state index contributed by atoms with van der Waals surface area (Å²) in [6.07, 6.45) is -8.96. The van der Waals surface area contributed by atoms with Crippen LogP contribution in [0.3, 0.4) is 0 Å². The molecule has 0 unspecified atom stereocenters. The molecule has 1 aromatic heterocycles. The Labute approximate surface area is 178 Å². The van der Waals surface area contributed by atoms with E-state index in [0.717, 1.165) is 23.6 Å². The van der Waals surface area contributed by atoms with Gasteiger partial charge in [-0.2, -0.15) is 26.3 Å². The molecule has 5 nitrogen and oxygen atoms in total. The first-order chi connectivity index (χ1) is 14.5. The number of hydrogen-bond acceptors (Lipinski definition) is 3. The molecule has 0 N–H and O–H groups in total. The molecular weight excluding hydrogens is 449 g/mol. The van der Waals surface area contributed by atoms with Gasteiger partial charge in [-0.15, -0.1) is 5.10 Å². The Morgan fingerprint density at radius 3 is 1.97 bits per heavy atom. The first-order valence-electron chi connectivity index (χ1n) is 9.08. The van der Waals surface area contributed by atoms with E-state index >= 15 is 0 Å². The Kier molecular flexibility index (Phi) is 5.71. The standard InChI is InChI=1S/C16H13B3F8N4O/c17-9(12(32)30-4-14(20,21)5-30)3-31-13(19)28-11(29-31)6-1-7(15(22,23)24)10(18)8(2-6)16(25,26)27/h1-3H,4-5,17-19H2/b9-3+. The van der Waals surface area contributed by atoms with Gasteiger partial charge in [-0.25, -0.2) is 18.4 Å². The summed E-state index contributed by atoms with van der Waals surface area (Å²) in [5.74, 6) is -4.10. The summed E-state index contributed by atoms with van der Waals surface area (Å²) in [5.41, 5.74) is -4.40. The number of hydrogen-bond donors (Lipinski definition) is 0. The second kappa shape index (κ2) is 7.66. The highest BCUT2D eigenvalue weighted by molar-refractivity contribution is 6.38. The van der Waals surface area contributed by atoms with Crippen LogP contribution >= 0.6 is 0 Å². The molecule has 16 heteroatoms. The van der Waals surface area contributed by atoms with Crippen LogP contribution in [0.4, 0.5) is 35.1 Å². The minimum atomic E-state index is -5.04. The van der Waals surface area contributed by atoms with Crippen LogP contribution in [0.5, 0.6) is 0 Å². The van der Waals surface area contributed by atoms with E-state index in [-0.39, 0.29) is 11.2 Å². The molecule has 0 radical (unpaired) electrons. The third-order valence-corrected chi connectivity index (χ3v) is 4.86. The maximum Gasteiger partial charge on any atom is 0.415 e. The monoisotopic (exact) mass is 462 g/mol. The zero-order valence-electron chi connectivity index (χ0n) is 16.9. The highest BCUT2D eigenvalue weighted by Crippen LogP contribution is 2.36. The van der Waals surface area contributed by atoms with Crippen molar-refractivity contribution in [1.82, 2.24) is 19.7 Å². The van der Waals surface area contributed by atoms with Crippen molar-refractivity contribution in [3.63, 3.8) is 0 Å². The van der Waals surface area contributed by atoms with Gasteiger partial charge < -0.3 is 4.90 Å². The van der Waals surface area contributed by atoms with E-state index in [4.69, 9.17) is 0 Å². The van der Waals surface area contributed by atoms with E-state index in [1.807, 2.05) is 0 Å². The second-order valence-corrected chi connectivity index (χ2v) is 7.45. The van der Waals surface area contributed by atoms with Crippen LogP contribution in [0.15, 0.2) is 17.6 Å². The van der Waals surface area contributed by atoms with Crippen molar-refractivity contribution in [1.29, 1.82) is 0 Å². The van der Waals surface area contributed by atoms with E-state index in [1.165, 1.54) is 15.7 Å². The Balaban J connectivity index is 2.00. The molecule has 1 aromatic carbocycles. The molecule has 1 fully saturated rings. The third-order valence-electron chi connectivity index (χ3n) is 4.86. The number of carbonyl (C=O) groups is 1. The topological polar surface area (TPSA) is 51.0 Å². The highest BCUT2D eigenvalue weighted by atomic mass is 19.4. The molecule has 1 saturated heterocycles. The Bertz CT molecular complexity index is 1070. The van der Waals surface area contributed by atoms with Crippen LogP contribution in [-0.4, -0.2) is 68.1 Å². The minimum absolute atomic E-state index is 0.0177. The second-order valence-electron chi connectivity index (χ2n) is 7.45. The lowest BCUT2D eigenvalue weighted by molar-refractivity contribution is -0.161. The van der Waals surface area contributed by atoms with Crippen molar-refractivity contribution >= 4 is 46.8 Å². The molecule has 3 rings (SSSR count). The summed E-state index contributed by atoms with van der Waals surface area (Å²) in [6, 6.07) is 1.04. The minimum Gasteiger partial charge on any atom is -0.327 e. The Hall–Kier alpha value is -2.80. The SMILES string of the molecule is B/C(=C/n1nc(-c2cc(C(F)(F)F)c(B)c(C(F)(F)F)c2)nc1B)C(=O)N1CC(F)(F)C1. The summed E-state index contributed by atoms with van der Waals surface area (Å²) < 4.78 is 107. The summed E-state index contributed by atoms with van der Waals surface area (Å²) >= 11 is 0. The fraction of sp³-hybridized carbons (Fsp3) is 0.312. The first kappa shape index (κ1) is 23.9. The van der Waals surface area contributed by atoms with Gasteiger partial charge in [-0.1, -0.05) is 5.46 Å². The molecule has 1 aliphatic heterocycles. The van der Waals surface area contributed by atoms with E-state index in [2.05, 4.69) is 10.1 Å². The third kappa shape index (κ3) is 4.68. The van der Waals surface area contributed by atoms with Crippen molar-refractivity contribution in [2.75, 3.05) is 13.1 Å². The predicted molar refractivity (Wildman–Crippen MR) is 106 cm³/mol. The summed E-state index contributed by atoms with van der Waals surface area (Å²) in [4.78, 5) is 17.0. The van der Waals surface area contributed by atoms with Crippen molar-refractivity contribution in [2.24, 2.45) is 0 Å². The molecule has 32 heavy (non-hydrogen) atoms. The van der Waals surface area contributed by atoms with Crippen molar-refractivity contribution in [2.45, 2.75) is 18.3 Å². The van der Waals surface area contributed by atoms with Crippen LogP contribution in [-0.2, 0) is 17.1 Å². The van der Waals surface area contributed by atoms with E-state index < -0.39 is 65.2 Å². The van der Waals surface area contributed by atoms with Gasteiger partial charge in [0, 0.05) is 11.8 Å². The number of amides is 1. The molecule has 0 atom stereocenters. The van der Waals surface area contributed by atoms with Gasteiger partial charge in [-0.05, 0) is 17.6 Å². The zero-order valence-corrected chi connectivity index (χ0v) is 16.9. The molecule has 2 heterocycles. The summed E-state index contributed by atoms with van der Waals surface area (Å²) in [5, 5.41) is 3.89. The molecule has 0 bridgehead atoms. The lowest BCUT2D eigenvalue weighted by Crippen LogP contribution is -2.58. The van der Waals surface area contributed by atoms with Crippen LogP contribution in [0.1, 0.15) is 11.1 Å². The maximum atomic E-state index is 13.3. The van der Waals surface area contributed by atoms with Gasteiger partial charge in [0.1, 0.15) is 15.7 Å². The van der Waals surface area contributed by atoms with Crippen molar-refractivity contribution in [3.05, 3.63) is 28.7 Å². The van der Waals surface area contributed by atoms with Crippen LogP contribution < -0.4 is 11.2 Å². The predicted octanol–water partition coefficient (Wildman–Crippen LogP) is -0.592. The van der Waals surface area contributed by atoms with E-state index in [1.54, 1.807) is 0 Å². The summed E-state index contributed by atoms with van der Waals surface area (Å²) in [7, 11) is 3.41. The van der Waals surface area contributed by atoms with Gasteiger partial charge in [-0.3, -0.25) is 4.79 Å². The number of rotatable bonds is 3. The van der Waals surface area contributed by atoms with Gasteiger partial charge in [0.25, 0.3) is 5.92 Å². The first-order valence-corrected chi connectivity index (χ1v) is 9.08. The molecule has 1 aliphatic rings.